The highest BCUT2D eigenvalue weighted by molar-refractivity contribution is 5.69. The first-order valence-electron chi connectivity index (χ1n) is 13.1. The van der Waals surface area contributed by atoms with E-state index in [9.17, 15) is 9.90 Å². The SMILES string of the molecule is CCCCCC=CCC=CCCCCCCCC(=O)OC1CC(C)CCC1C(C)(C)O. The van der Waals surface area contributed by atoms with Gasteiger partial charge in [0.2, 0.25) is 0 Å². The van der Waals surface area contributed by atoms with Crippen LogP contribution in [0.4, 0.5) is 0 Å². The van der Waals surface area contributed by atoms with E-state index in [1.807, 2.05) is 13.8 Å². The predicted octanol–water partition coefficient (Wildman–Crippen LogP) is 7.92. The van der Waals surface area contributed by atoms with E-state index in [4.69, 9.17) is 4.74 Å². The van der Waals surface area contributed by atoms with E-state index >= 15 is 0 Å². The minimum absolute atomic E-state index is 0.0530. The summed E-state index contributed by atoms with van der Waals surface area (Å²) in [5.41, 5.74) is -0.787. The second-order valence-electron chi connectivity index (χ2n) is 10.2. The molecule has 0 aromatic heterocycles. The van der Waals surface area contributed by atoms with Crippen molar-refractivity contribution in [1.29, 1.82) is 0 Å². The maximum atomic E-state index is 12.3. The Balaban J connectivity index is 2.04. The molecule has 1 aliphatic rings. The van der Waals surface area contributed by atoms with Gasteiger partial charge in [-0.05, 0) is 71.1 Å². The molecule has 0 aromatic rings. The van der Waals surface area contributed by atoms with Gasteiger partial charge in [0.25, 0.3) is 0 Å². The van der Waals surface area contributed by atoms with Gasteiger partial charge in [0.1, 0.15) is 6.10 Å². The third kappa shape index (κ3) is 13.8. The van der Waals surface area contributed by atoms with E-state index in [0.29, 0.717) is 12.3 Å². The summed E-state index contributed by atoms with van der Waals surface area (Å²) in [5.74, 6) is 0.531. The third-order valence-corrected chi connectivity index (χ3v) is 6.58. The van der Waals surface area contributed by atoms with Crippen molar-refractivity contribution in [3.05, 3.63) is 24.3 Å². The van der Waals surface area contributed by atoms with Crippen LogP contribution in [0.2, 0.25) is 0 Å². The van der Waals surface area contributed by atoms with Crippen molar-refractivity contribution in [2.45, 2.75) is 136 Å². The number of aliphatic hydroxyl groups is 1. The average molecular weight is 435 g/mol. The third-order valence-electron chi connectivity index (χ3n) is 6.58. The first-order valence-corrected chi connectivity index (χ1v) is 13.1. The number of ether oxygens (including phenoxy) is 1. The molecule has 0 spiro atoms. The maximum absolute atomic E-state index is 12.3. The van der Waals surface area contributed by atoms with Crippen molar-refractivity contribution in [3.63, 3.8) is 0 Å². The maximum Gasteiger partial charge on any atom is 0.306 e. The van der Waals surface area contributed by atoms with Crippen LogP contribution in [0.15, 0.2) is 24.3 Å². The van der Waals surface area contributed by atoms with Gasteiger partial charge in [-0.15, -0.1) is 0 Å². The summed E-state index contributed by atoms with van der Waals surface area (Å²) in [4.78, 5) is 12.3. The van der Waals surface area contributed by atoms with Crippen LogP contribution >= 0.6 is 0 Å². The Hall–Kier alpha value is -1.09. The molecule has 0 amide bonds. The molecule has 3 atom stereocenters. The molecule has 0 aliphatic heterocycles. The molecule has 31 heavy (non-hydrogen) atoms. The summed E-state index contributed by atoms with van der Waals surface area (Å²) in [6.45, 7) is 8.14. The zero-order valence-electron chi connectivity index (χ0n) is 20.9. The fraction of sp³-hybridized carbons (Fsp3) is 0.821. The lowest BCUT2D eigenvalue weighted by molar-refractivity contribution is -0.162. The zero-order valence-corrected chi connectivity index (χ0v) is 20.9. The Kier molecular flexibility index (Phi) is 14.9. The molecular weight excluding hydrogens is 384 g/mol. The predicted molar refractivity (Wildman–Crippen MR) is 132 cm³/mol. The molecule has 1 saturated carbocycles. The molecule has 1 N–H and O–H groups in total. The van der Waals surface area contributed by atoms with Gasteiger partial charge in [-0.3, -0.25) is 4.79 Å². The second-order valence-corrected chi connectivity index (χ2v) is 10.2. The van der Waals surface area contributed by atoms with E-state index in [1.165, 1.54) is 44.9 Å². The highest BCUT2D eigenvalue weighted by Gasteiger charge is 2.39. The monoisotopic (exact) mass is 434 g/mol. The van der Waals surface area contributed by atoms with E-state index in [0.717, 1.165) is 44.9 Å². The zero-order chi connectivity index (χ0) is 23.0. The van der Waals surface area contributed by atoms with E-state index in [-0.39, 0.29) is 18.0 Å². The first-order chi connectivity index (χ1) is 14.8. The van der Waals surface area contributed by atoms with Crippen LogP contribution in [0.3, 0.4) is 0 Å². The topological polar surface area (TPSA) is 46.5 Å². The number of esters is 1. The average Bonchev–Trinajstić information content (AvgIpc) is 2.70. The minimum Gasteiger partial charge on any atom is -0.462 e. The molecule has 0 saturated heterocycles. The number of unbranched alkanes of at least 4 members (excludes halogenated alkanes) is 8. The number of carbonyl (C=O) groups excluding carboxylic acids is 1. The number of carbonyl (C=O) groups is 1. The summed E-state index contributed by atoms with van der Waals surface area (Å²) in [5, 5.41) is 10.4. The van der Waals surface area contributed by atoms with Crippen LogP contribution in [-0.4, -0.2) is 22.8 Å². The molecule has 0 bridgehead atoms. The smallest absolute Gasteiger partial charge is 0.306 e. The molecule has 3 unspecified atom stereocenters. The fourth-order valence-electron chi connectivity index (χ4n) is 4.58. The van der Waals surface area contributed by atoms with Gasteiger partial charge in [0.05, 0.1) is 5.60 Å². The highest BCUT2D eigenvalue weighted by Crippen LogP contribution is 2.37. The summed E-state index contributed by atoms with van der Waals surface area (Å²) >= 11 is 0. The van der Waals surface area contributed by atoms with Gasteiger partial charge >= 0.3 is 5.97 Å². The standard InChI is InChI=1S/C28H50O3/c1-5-6-7-8-9-10-11-12-13-14-15-16-17-18-19-20-27(29)31-26-23-24(2)21-22-25(26)28(3,4)30/h9-10,12-13,24-26,30H,5-8,11,14-23H2,1-4H3. The van der Waals surface area contributed by atoms with Crippen molar-refractivity contribution in [1.82, 2.24) is 0 Å². The number of allylic oxidation sites excluding steroid dienone is 4. The van der Waals surface area contributed by atoms with Crippen LogP contribution in [-0.2, 0) is 9.53 Å². The highest BCUT2D eigenvalue weighted by atomic mass is 16.5. The fourth-order valence-corrected chi connectivity index (χ4v) is 4.58. The van der Waals surface area contributed by atoms with Crippen LogP contribution in [0, 0.1) is 11.8 Å². The van der Waals surface area contributed by atoms with Gasteiger partial charge < -0.3 is 9.84 Å². The van der Waals surface area contributed by atoms with Crippen molar-refractivity contribution < 1.29 is 14.6 Å². The van der Waals surface area contributed by atoms with Gasteiger partial charge in [-0.1, -0.05) is 76.7 Å². The van der Waals surface area contributed by atoms with Crippen molar-refractivity contribution in [3.8, 4) is 0 Å². The summed E-state index contributed by atoms with van der Waals surface area (Å²) in [6.07, 6.45) is 25.5. The first kappa shape index (κ1) is 27.9. The Morgan fingerprint density at radius 1 is 0.935 bits per heavy atom. The van der Waals surface area contributed by atoms with Crippen LogP contribution < -0.4 is 0 Å². The summed E-state index contributed by atoms with van der Waals surface area (Å²) < 4.78 is 5.81. The number of rotatable bonds is 16. The Labute approximate surface area is 192 Å². The Morgan fingerprint density at radius 3 is 2.19 bits per heavy atom. The molecule has 0 aromatic carbocycles. The molecule has 180 valence electrons. The van der Waals surface area contributed by atoms with Gasteiger partial charge in [0.15, 0.2) is 0 Å². The quantitative estimate of drug-likeness (QED) is 0.152. The largest absolute Gasteiger partial charge is 0.462 e. The van der Waals surface area contributed by atoms with E-state index in [2.05, 4.69) is 38.2 Å². The van der Waals surface area contributed by atoms with E-state index in [1.54, 1.807) is 0 Å². The van der Waals surface area contributed by atoms with E-state index < -0.39 is 5.60 Å². The van der Waals surface area contributed by atoms with Crippen molar-refractivity contribution in [2.75, 3.05) is 0 Å². The normalized spacial score (nSPS) is 22.4. The van der Waals surface area contributed by atoms with Crippen molar-refractivity contribution in [2.24, 2.45) is 11.8 Å². The molecule has 0 heterocycles. The lowest BCUT2D eigenvalue weighted by Gasteiger charge is -2.40. The summed E-state index contributed by atoms with van der Waals surface area (Å²) in [7, 11) is 0. The number of hydrogen-bond donors (Lipinski definition) is 1. The van der Waals surface area contributed by atoms with Gasteiger partial charge in [0, 0.05) is 12.3 Å². The molecule has 1 fully saturated rings. The molecule has 1 aliphatic carbocycles. The molecule has 3 nitrogen and oxygen atoms in total. The Bertz CT molecular complexity index is 515. The van der Waals surface area contributed by atoms with Gasteiger partial charge in [-0.25, -0.2) is 0 Å². The molecule has 3 heteroatoms. The lowest BCUT2D eigenvalue weighted by atomic mass is 9.73. The van der Waals surface area contributed by atoms with Crippen LogP contribution in [0.25, 0.3) is 0 Å². The van der Waals surface area contributed by atoms with Crippen LogP contribution in [0.5, 0.6) is 0 Å². The molecular formula is C28H50O3. The molecule has 0 radical (unpaired) electrons. The lowest BCUT2D eigenvalue weighted by Crippen LogP contribution is -2.44. The number of hydrogen-bond acceptors (Lipinski definition) is 3. The summed E-state index contributed by atoms with van der Waals surface area (Å²) in [6, 6.07) is 0. The van der Waals surface area contributed by atoms with Crippen LogP contribution in [0.1, 0.15) is 124 Å². The van der Waals surface area contributed by atoms with Crippen molar-refractivity contribution >= 4 is 5.97 Å². The molecule has 1 rings (SSSR count). The Morgan fingerprint density at radius 2 is 1.55 bits per heavy atom. The minimum atomic E-state index is -0.787. The second kappa shape index (κ2) is 16.5. The van der Waals surface area contributed by atoms with Gasteiger partial charge in [-0.2, -0.15) is 0 Å².